The predicted octanol–water partition coefficient (Wildman–Crippen LogP) is -3.50. The molecule has 0 saturated carbocycles. The van der Waals surface area contributed by atoms with Gasteiger partial charge in [-0.1, -0.05) is 8.67 Å². The van der Waals surface area contributed by atoms with Crippen molar-refractivity contribution in [1.29, 1.82) is 0 Å². The minimum Gasteiger partial charge on any atom is -0.724 e. The van der Waals surface area contributed by atoms with Gasteiger partial charge in [0.05, 0.1) is 13.1 Å². The summed E-state index contributed by atoms with van der Waals surface area (Å²) in [5.74, 6) is 0.951. The van der Waals surface area contributed by atoms with Gasteiger partial charge in [0.25, 0.3) is 0 Å². The molecule has 0 fully saturated rings. The molecule has 0 bridgehead atoms. The zero-order valence-electron chi connectivity index (χ0n) is 17.2. The normalized spacial score (nSPS) is 18.5. The van der Waals surface area contributed by atoms with E-state index in [0.717, 1.165) is 0 Å². The van der Waals surface area contributed by atoms with Crippen LogP contribution in [0.25, 0.3) is 0 Å². The van der Waals surface area contributed by atoms with Crippen LogP contribution in [-0.2, 0) is 33.6 Å². The summed E-state index contributed by atoms with van der Waals surface area (Å²) >= 11 is 0. The molecular weight excluding hydrogens is 530 g/mol. The summed E-state index contributed by atoms with van der Waals surface area (Å²) in [5.41, 5.74) is -2.19. The average Bonchev–Trinajstić information content (AvgIpc) is 3.30. The summed E-state index contributed by atoms with van der Waals surface area (Å²) < 4.78 is 65.6. The summed E-state index contributed by atoms with van der Waals surface area (Å²) in [4.78, 5) is 8.50. The molecule has 0 saturated heterocycles. The van der Waals surface area contributed by atoms with Crippen LogP contribution in [0.1, 0.15) is 20.8 Å². The molecule has 14 nitrogen and oxygen atoms in total. The number of nitrogens with zero attached hydrogens (tertiary/aromatic N) is 4. The maximum Gasteiger partial charge on any atom is 1.00 e. The molecule has 0 spiro atoms. The molecule has 2 rings (SSSR count). The first-order valence-electron chi connectivity index (χ1n) is 8.08. The third-order valence-electron chi connectivity index (χ3n) is 3.64. The van der Waals surface area contributed by atoms with Crippen molar-refractivity contribution in [3.8, 4) is 0 Å². The van der Waals surface area contributed by atoms with Crippen molar-refractivity contribution >= 4 is 57.3 Å². The maximum atomic E-state index is 11.6. The first kappa shape index (κ1) is 33.7. The summed E-state index contributed by atoms with van der Waals surface area (Å²) in [6.45, 7) is 6.65. The molecule has 19 heteroatoms. The van der Waals surface area contributed by atoms with Gasteiger partial charge in [-0.2, -0.15) is 18.6 Å². The van der Waals surface area contributed by atoms with Crippen molar-refractivity contribution < 1.29 is 85.6 Å². The van der Waals surface area contributed by atoms with E-state index in [-0.39, 0.29) is 76.2 Å². The molecular formula is C12H23Cl2KN6O8S2. The monoisotopic (exact) mass is 552 g/mol. The minimum atomic E-state index is -5.40. The van der Waals surface area contributed by atoms with Gasteiger partial charge in [0.15, 0.2) is 5.54 Å². The molecule has 0 radical (unpaired) electrons. The summed E-state index contributed by atoms with van der Waals surface area (Å²) in [6, 6.07) is 0. The van der Waals surface area contributed by atoms with Crippen LogP contribution >= 0.6 is 24.8 Å². The van der Waals surface area contributed by atoms with Crippen LogP contribution in [0.5, 0.6) is 0 Å². The molecule has 31 heavy (non-hydrogen) atoms. The van der Waals surface area contributed by atoms with Crippen LogP contribution in [0.4, 0.5) is 0 Å². The van der Waals surface area contributed by atoms with E-state index in [9.17, 15) is 21.4 Å². The van der Waals surface area contributed by atoms with E-state index in [1.165, 1.54) is 6.92 Å². The van der Waals surface area contributed by atoms with Crippen LogP contribution < -0.4 is 62.0 Å². The Hall–Kier alpha value is 0.496. The largest absolute Gasteiger partial charge is 1.00 e. The summed E-state index contributed by atoms with van der Waals surface area (Å²) in [6.07, 6.45) is 0. The van der Waals surface area contributed by atoms with E-state index in [0.29, 0.717) is 37.9 Å². The number of azo groups is 1. The van der Waals surface area contributed by atoms with Gasteiger partial charge in [-0.05, 0) is 20.8 Å². The second-order valence-corrected chi connectivity index (χ2v) is 8.70. The fraction of sp³-hybridized carbons (Fsp3) is 0.833. The molecule has 0 aromatic heterocycles. The second kappa shape index (κ2) is 13.4. The number of halogens is 2. The number of nitrogens with one attached hydrogen (secondary N) is 2. The second-order valence-electron chi connectivity index (χ2n) is 6.56. The van der Waals surface area contributed by atoms with Crippen LogP contribution in [0.2, 0.25) is 0 Å². The van der Waals surface area contributed by atoms with Crippen LogP contribution in [0, 0.1) is 0 Å². The van der Waals surface area contributed by atoms with Gasteiger partial charge in [-0.25, -0.2) is 12.6 Å². The van der Waals surface area contributed by atoms with Gasteiger partial charge in [0, 0.05) is 13.1 Å². The third-order valence-corrected chi connectivity index (χ3v) is 4.60. The van der Waals surface area contributed by atoms with E-state index in [2.05, 4.69) is 43.7 Å². The van der Waals surface area contributed by atoms with Gasteiger partial charge in [0.2, 0.25) is 10.4 Å². The Balaban J connectivity index is 0. The molecule has 0 aromatic carbocycles. The number of hydrogen-bond acceptors (Lipinski definition) is 14. The van der Waals surface area contributed by atoms with Gasteiger partial charge in [-0.3, -0.25) is 9.98 Å². The van der Waals surface area contributed by atoms with Crippen molar-refractivity contribution in [2.45, 2.75) is 31.8 Å². The Bertz CT molecular complexity index is 899. The molecule has 0 aliphatic carbocycles. The molecule has 176 valence electrons. The van der Waals surface area contributed by atoms with Gasteiger partial charge in [0.1, 0.15) is 23.8 Å². The maximum absolute atomic E-state index is 11.6. The topological polar surface area (TPSA) is 193 Å². The van der Waals surface area contributed by atoms with Crippen LogP contribution in [-0.4, -0.2) is 76.9 Å². The van der Waals surface area contributed by atoms with Crippen LogP contribution in [0.15, 0.2) is 20.2 Å². The van der Waals surface area contributed by atoms with E-state index in [1.807, 2.05) is 0 Å². The van der Waals surface area contributed by atoms with Gasteiger partial charge >= 0.3 is 61.8 Å². The van der Waals surface area contributed by atoms with Crippen molar-refractivity contribution in [1.82, 2.24) is 10.6 Å². The Morgan fingerprint density at radius 2 is 1.48 bits per heavy atom. The average molecular weight is 553 g/mol. The van der Waals surface area contributed by atoms with Crippen molar-refractivity contribution in [2.75, 3.05) is 32.8 Å². The number of amidine groups is 2. The van der Waals surface area contributed by atoms with Crippen molar-refractivity contribution in [3.05, 3.63) is 0 Å². The Labute approximate surface area is 235 Å². The summed E-state index contributed by atoms with van der Waals surface area (Å²) in [5, 5.41) is 14.5. The molecule has 2 aliphatic heterocycles. The van der Waals surface area contributed by atoms with Crippen molar-refractivity contribution in [2.24, 2.45) is 20.2 Å². The first-order valence-corrected chi connectivity index (χ1v) is 10.7. The molecule has 0 amide bonds. The van der Waals surface area contributed by atoms with Crippen LogP contribution in [0.3, 0.4) is 0 Å². The first-order chi connectivity index (χ1) is 12.8. The van der Waals surface area contributed by atoms with Gasteiger partial charge < -0.3 is 15.2 Å². The van der Waals surface area contributed by atoms with Gasteiger partial charge in [-0.15, -0.1) is 24.8 Å². The number of hydrogen-bond donors (Lipinski definition) is 2. The Morgan fingerprint density at radius 3 is 1.94 bits per heavy atom. The van der Waals surface area contributed by atoms with E-state index in [4.69, 9.17) is 0 Å². The van der Waals surface area contributed by atoms with Crippen molar-refractivity contribution in [3.63, 3.8) is 0 Å². The molecule has 2 N–H and O–H groups in total. The zero-order chi connectivity index (χ0) is 21.1. The fourth-order valence-electron chi connectivity index (χ4n) is 2.27. The number of rotatable bonds is 10. The summed E-state index contributed by atoms with van der Waals surface area (Å²) in [7, 11) is -10.4. The van der Waals surface area contributed by atoms with E-state index >= 15 is 0 Å². The smallest absolute Gasteiger partial charge is 0.724 e. The Kier molecular flexibility index (Phi) is 14.6. The zero-order valence-corrected chi connectivity index (χ0v) is 23.6. The quantitative estimate of drug-likeness (QED) is 0.0685. The fourth-order valence-corrected chi connectivity index (χ4v) is 3.23. The Morgan fingerprint density at radius 1 is 0.968 bits per heavy atom. The third kappa shape index (κ3) is 11.0. The molecule has 1 atom stereocenters. The molecule has 1 unspecified atom stereocenters. The van der Waals surface area contributed by atoms with E-state index < -0.39 is 38.5 Å². The molecule has 2 heterocycles. The number of aliphatic imine (C=N–C) groups is 2. The minimum absolute atomic E-state index is 0. The van der Waals surface area contributed by atoms with E-state index in [1.54, 1.807) is 13.8 Å². The standard InChI is InChI=1S/C12H22N6O8S2.2ClH.K/c1-11(2,9-13-4-5-14-9)17-18-12(3,10-15-6-7-16-10)8-24-28(22,23)26-25-27(19,20)21;;;/h4-8H2,1-3H3,(H,13,14)(H,15,16)(H,19,20,21);2*1H;/q;;;+1/p-1. The molecule has 2 aliphatic rings. The SMILES string of the molecule is CC(C)(N=NC(C)(COS(=O)(=O)OOS(=O)(=O)[O-])C1=NCCN1)C1=NCCN1.Cl.Cl.[K+]. The predicted molar refractivity (Wildman–Crippen MR) is 109 cm³/mol. The molecule has 0 aromatic rings.